The number of ketones is 1. The third kappa shape index (κ3) is 4.17. The molecular formula is C18H25NO3. The number of benzene rings is 1. The maximum absolute atomic E-state index is 12.1. The minimum atomic E-state index is -0.449. The number of hydrogen-bond donors (Lipinski definition) is 1. The van der Waals surface area contributed by atoms with E-state index in [2.05, 4.69) is 6.92 Å². The van der Waals surface area contributed by atoms with Crippen molar-refractivity contribution in [3.05, 3.63) is 35.4 Å². The van der Waals surface area contributed by atoms with Crippen LogP contribution >= 0.6 is 0 Å². The van der Waals surface area contributed by atoms with Crippen LogP contribution in [-0.2, 0) is 11.2 Å². The predicted octanol–water partition coefficient (Wildman–Crippen LogP) is 2.44. The summed E-state index contributed by atoms with van der Waals surface area (Å²) in [4.78, 5) is 26.0. The number of nitrogens with zero attached hydrogens (tertiary/aromatic N) is 1. The van der Waals surface area contributed by atoms with E-state index in [4.69, 9.17) is 0 Å². The van der Waals surface area contributed by atoms with E-state index in [1.54, 1.807) is 4.90 Å². The number of hydrogen-bond acceptors (Lipinski definition) is 3. The van der Waals surface area contributed by atoms with Gasteiger partial charge in [0.25, 0.3) is 0 Å². The minimum Gasteiger partial charge on any atom is -0.391 e. The van der Waals surface area contributed by atoms with Crippen molar-refractivity contribution < 1.29 is 14.7 Å². The number of aliphatic hydroxyl groups is 1. The summed E-state index contributed by atoms with van der Waals surface area (Å²) in [5, 5.41) is 9.84. The van der Waals surface area contributed by atoms with Crippen molar-refractivity contribution in [2.75, 3.05) is 13.1 Å². The van der Waals surface area contributed by atoms with Gasteiger partial charge < -0.3 is 10.0 Å². The Morgan fingerprint density at radius 2 is 1.91 bits per heavy atom. The summed E-state index contributed by atoms with van der Waals surface area (Å²) >= 11 is 0. The molecular weight excluding hydrogens is 278 g/mol. The molecule has 0 spiro atoms. The van der Waals surface area contributed by atoms with Crippen LogP contribution in [0.2, 0.25) is 0 Å². The molecule has 22 heavy (non-hydrogen) atoms. The Bertz CT molecular complexity index is 524. The Balaban J connectivity index is 1.83. The fourth-order valence-electron chi connectivity index (χ4n) is 2.72. The zero-order valence-corrected chi connectivity index (χ0v) is 13.4. The number of likely N-dealkylation sites (tertiary alicyclic amines) is 1. The third-order valence-corrected chi connectivity index (χ3v) is 4.52. The van der Waals surface area contributed by atoms with Crippen molar-refractivity contribution in [1.29, 1.82) is 0 Å². The van der Waals surface area contributed by atoms with Crippen LogP contribution in [0.3, 0.4) is 0 Å². The lowest BCUT2D eigenvalue weighted by molar-refractivity contribution is -0.135. The van der Waals surface area contributed by atoms with E-state index in [1.807, 2.05) is 31.2 Å². The monoisotopic (exact) mass is 303 g/mol. The molecule has 4 nitrogen and oxygen atoms in total. The number of aryl methyl sites for hydroxylation is 1. The van der Waals surface area contributed by atoms with Crippen LogP contribution in [0, 0.1) is 5.92 Å². The molecule has 1 heterocycles. The maximum atomic E-state index is 12.1. The highest BCUT2D eigenvalue weighted by atomic mass is 16.3. The normalized spacial score (nSPS) is 21.7. The van der Waals surface area contributed by atoms with Crippen molar-refractivity contribution in [1.82, 2.24) is 4.90 Å². The quantitative estimate of drug-likeness (QED) is 0.850. The van der Waals surface area contributed by atoms with Crippen molar-refractivity contribution in [3.63, 3.8) is 0 Å². The van der Waals surface area contributed by atoms with E-state index in [0.29, 0.717) is 18.7 Å². The molecule has 1 aliphatic heterocycles. The second-order valence-electron chi connectivity index (χ2n) is 6.15. The first kappa shape index (κ1) is 16.7. The van der Waals surface area contributed by atoms with Gasteiger partial charge in [0.1, 0.15) is 0 Å². The lowest BCUT2D eigenvalue weighted by Gasteiger charge is -2.34. The molecule has 2 unspecified atom stereocenters. The summed E-state index contributed by atoms with van der Waals surface area (Å²) in [6.07, 6.45) is 1.76. The SMILES string of the molecule is CCc1ccc(C(=O)CCC(=O)N2CCC(C)C(O)C2)cc1. The summed E-state index contributed by atoms with van der Waals surface area (Å²) in [6.45, 7) is 5.13. The van der Waals surface area contributed by atoms with Crippen LogP contribution in [-0.4, -0.2) is 40.9 Å². The van der Waals surface area contributed by atoms with Crippen LogP contribution in [0.1, 0.15) is 49.0 Å². The molecule has 1 aromatic carbocycles. The summed E-state index contributed by atoms with van der Waals surface area (Å²) in [7, 11) is 0. The van der Waals surface area contributed by atoms with Crippen LogP contribution in [0.15, 0.2) is 24.3 Å². The number of Topliss-reactive ketones (excluding diaryl/α,β-unsaturated/α-hetero) is 1. The summed E-state index contributed by atoms with van der Waals surface area (Å²) in [5.74, 6) is 0.203. The molecule has 120 valence electrons. The summed E-state index contributed by atoms with van der Waals surface area (Å²) in [5.41, 5.74) is 1.86. The van der Waals surface area contributed by atoms with Crippen LogP contribution in [0.4, 0.5) is 0 Å². The van der Waals surface area contributed by atoms with E-state index >= 15 is 0 Å². The standard InChI is InChI=1S/C18H25NO3/c1-3-14-4-6-15(7-5-14)16(20)8-9-18(22)19-11-10-13(2)17(21)12-19/h4-7,13,17,21H,3,8-12H2,1-2H3. The Morgan fingerprint density at radius 1 is 1.23 bits per heavy atom. The molecule has 1 N–H and O–H groups in total. The molecule has 4 heteroatoms. The van der Waals surface area contributed by atoms with Gasteiger partial charge in [0.2, 0.25) is 5.91 Å². The van der Waals surface area contributed by atoms with E-state index < -0.39 is 6.10 Å². The molecule has 1 fully saturated rings. The van der Waals surface area contributed by atoms with Gasteiger partial charge in [0.15, 0.2) is 5.78 Å². The molecule has 0 radical (unpaired) electrons. The first-order chi connectivity index (χ1) is 10.5. The first-order valence-electron chi connectivity index (χ1n) is 8.09. The summed E-state index contributed by atoms with van der Waals surface area (Å²) < 4.78 is 0. The van der Waals surface area contributed by atoms with Gasteiger partial charge in [-0.05, 0) is 24.3 Å². The predicted molar refractivity (Wildman–Crippen MR) is 85.8 cm³/mol. The number of piperidine rings is 1. The Kier molecular flexibility index (Phi) is 5.72. The number of β-amino-alcohol motifs (C(OH)–C–C–N with tert-alkyl or cyclic N) is 1. The lowest BCUT2D eigenvalue weighted by atomic mass is 9.95. The molecule has 0 saturated carbocycles. The number of aliphatic hydroxyl groups excluding tert-OH is 1. The van der Waals surface area contributed by atoms with E-state index in [-0.39, 0.29) is 30.4 Å². The fourth-order valence-corrected chi connectivity index (χ4v) is 2.72. The molecule has 2 rings (SSSR count). The molecule has 1 amide bonds. The van der Waals surface area contributed by atoms with Gasteiger partial charge >= 0.3 is 0 Å². The van der Waals surface area contributed by atoms with Crippen LogP contribution < -0.4 is 0 Å². The van der Waals surface area contributed by atoms with E-state index in [0.717, 1.165) is 12.8 Å². The van der Waals surface area contributed by atoms with Gasteiger partial charge in [-0.2, -0.15) is 0 Å². The Labute approximate surface area is 132 Å². The molecule has 0 aliphatic carbocycles. The number of carbonyl (C=O) groups excluding carboxylic acids is 2. The highest BCUT2D eigenvalue weighted by Gasteiger charge is 2.27. The third-order valence-electron chi connectivity index (χ3n) is 4.52. The van der Waals surface area contributed by atoms with Gasteiger partial charge in [-0.1, -0.05) is 38.1 Å². The summed E-state index contributed by atoms with van der Waals surface area (Å²) in [6, 6.07) is 7.57. The zero-order chi connectivity index (χ0) is 16.1. The first-order valence-corrected chi connectivity index (χ1v) is 8.09. The fraction of sp³-hybridized carbons (Fsp3) is 0.556. The smallest absolute Gasteiger partial charge is 0.223 e. The lowest BCUT2D eigenvalue weighted by Crippen LogP contribution is -2.45. The highest BCUT2D eigenvalue weighted by Crippen LogP contribution is 2.18. The zero-order valence-electron chi connectivity index (χ0n) is 13.4. The average molecular weight is 303 g/mol. The van der Waals surface area contributed by atoms with E-state index in [9.17, 15) is 14.7 Å². The van der Waals surface area contributed by atoms with Crippen molar-refractivity contribution in [3.8, 4) is 0 Å². The van der Waals surface area contributed by atoms with E-state index in [1.165, 1.54) is 5.56 Å². The molecule has 2 atom stereocenters. The largest absolute Gasteiger partial charge is 0.391 e. The Hall–Kier alpha value is -1.68. The number of amides is 1. The molecule has 1 aromatic rings. The van der Waals surface area contributed by atoms with Gasteiger partial charge in [-0.15, -0.1) is 0 Å². The van der Waals surface area contributed by atoms with Gasteiger partial charge in [0.05, 0.1) is 6.10 Å². The van der Waals surface area contributed by atoms with Crippen molar-refractivity contribution in [2.45, 2.75) is 45.6 Å². The second kappa shape index (κ2) is 7.54. The van der Waals surface area contributed by atoms with Gasteiger partial charge in [-0.3, -0.25) is 9.59 Å². The Morgan fingerprint density at radius 3 is 2.50 bits per heavy atom. The highest BCUT2D eigenvalue weighted by molar-refractivity contribution is 5.98. The molecule has 1 aliphatic rings. The average Bonchev–Trinajstić information content (AvgIpc) is 2.54. The van der Waals surface area contributed by atoms with Crippen LogP contribution in [0.5, 0.6) is 0 Å². The number of carbonyl (C=O) groups is 2. The van der Waals surface area contributed by atoms with Crippen LogP contribution in [0.25, 0.3) is 0 Å². The topological polar surface area (TPSA) is 57.6 Å². The van der Waals surface area contributed by atoms with Crippen molar-refractivity contribution in [2.24, 2.45) is 5.92 Å². The van der Waals surface area contributed by atoms with Gasteiger partial charge in [0, 0.05) is 31.5 Å². The van der Waals surface area contributed by atoms with Crippen molar-refractivity contribution >= 4 is 11.7 Å². The molecule has 0 bridgehead atoms. The minimum absolute atomic E-state index is 0.00179. The second-order valence-corrected chi connectivity index (χ2v) is 6.15. The molecule has 1 saturated heterocycles. The number of rotatable bonds is 5. The molecule has 0 aromatic heterocycles. The van der Waals surface area contributed by atoms with Gasteiger partial charge in [-0.25, -0.2) is 0 Å². The maximum Gasteiger partial charge on any atom is 0.223 e.